The van der Waals surface area contributed by atoms with Crippen LogP contribution in [0.2, 0.25) is 0 Å². The van der Waals surface area contributed by atoms with Crippen molar-refractivity contribution in [2.24, 2.45) is 0 Å². The molecule has 0 fully saturated rings. The highest BCUT2D eigenvalue weighted by Crippen LogP contribution is 2.34. The van der Waals surface area contributed by atoms with E-state index < -0.39 is 0 Å². The normalized spacial score (nSPS) is 13.2. The van der Waals surface area contributed by atoms with Gasteiger partial charge in [0.2, 0.25) is 5.82 Å². The zero-order chi connectivity index (χ0) is 14.9. The Bertz CT molecular complexity index is 796. The molecule has 0 saturated carbocycles. The fourth-order valence-corrected chi connectivity index (χ4v) is 2.72. The van der Waals surface area contributed by atoms with Gasteiger partial charge in [-0.15, -0.1) is 0 Å². The molecule has 0 saturated heterocycles. The van der Waals surface area contributed by atoms with Crippen molar-refractivity contribution >= 4 is 11.7 Å². The molecule has 110 valence electrons. The summed E-state index contributed by atoms with van der Waals surface area (Å²) in [7, 11) is 1.65. The van der Waals surface area contributed by atoms with Gasteiger partial charge in [0.25, 0.3) is 0 Å². The van der Waals surface area contributed by atoms with Gasteiger partial charge in [0.15, 0.2) is 0 Å². The maximum Gasteiger partial charge on any atom is 0.328 e. The van der Waals surface area contributed by atoms with Crippen molar-refractivity contribution in [1.82, 2.24) is 10.1 Å². The molecular formula is C17H15N3O2. The second-order valence-electron chi connectivity index (χ2n) is 5.16. The molecule has 0 aliphatic carbocycles. The van der Waals surface area contributed by atoms with E-state index in [-0.39, 0.29) is 0 Å². The van der Waals surface area contributed by atoms with Gasteiger partial charge in [0.05, 0.1) is 7.11 Å². The smallest absolute Gasteiger partial charge is 0.328 e. The van der Waals surface area contributed by atoms with Gasteiger partial charge in [0, 0.05) is 17.8 Å². The zero-order valence-electron chi connectivity index (χ0n) is 12.2. The Labute approximate surface area is 128 Å². The molecule has 2 heterocycles. The van der Waals surface area contributed by atoms with Crippen molar-refractivity contribution in [3.8, 4) is 17.1 Å². The summed E-state index contributed by atoms with van der Waals surface area (Å²) < 4.78 is 10.6. The minimum Gasteiger partial charge on any atom is -0.497 e. The van der Waals surface area contributed by atoms with E-state index in [9.17, 15) is 0 Å². The van der Waals surface area contributed by atoms with E-state index >= 15 is 0 Å². The first-order valence-corrected chi connectivity index (χ1v) is 7.19. The number of fused-ring (bicyclic) bond motifs is 1. The quantitative estimate of drug-likeness (QED) is 0.740. The summed E-state index contributed by atoms with van der Waals surface area (Å²) in [4.78, 5) is 6.59. The van der Waals surface area contributed by atoms with Gasteiger partial charge >= 0.3 is 6.01 Å². The average Bonchev–Trinajstić information content (AvgIpc) is 3.21. The molecule has 5 nitrogen and oxygen atoms in total. The summed E-state index contributed by atoms with van der Waals surface area (Å²) >= 11 is 0. The third-order valence-corrected chi connectivity index (χ3v) is 3.88. The number of para-hydroxylation sites is 1. The Morgan fingerprint density at radius 2 is 1.91 bits per heavy atom. The molecule has 0 radical (unpaired) electrons. The van der Waals surface area contributed by atoms with Crippen LogP contribution < -0.4 is 9.64 Å². The average molecular weight is 293 g/mol. The Balaban J connectivity index is 1.64. The first-order chi connectivity index (χ1) is 10.8. The number of benzene rings is 2. The number of anilines is 2. The van der Waals surface area contributed by atoms with Crippen LogP contribution in [0.3, 0.4) is 0 Å². The minimum absolute atomic E-state index is 0.538. The van der Waals surface area contributed by atoms with Gasteiger partial charge in [0.1, 0.15) is 5.75 Å². The molecule has 0 amide bonds. The molecule has 1 aliphatic heterocycles. The lowest BCUT2D eigenvalue weighted by Gasteiger charge is -2.12. The fourth-order valence-electron chi connectivity index (χ4n) is 2.72. The number of methoxy groups -OCH3 is 1. The standard InChI is InChI=1S/C17H15N3O2/c1-21-14-8-6-13(7-9-14)16-18-17(22-19-16)20-11-10-12-4-2-3-5-15(12)20/h2-9H,10-11H2,1H3. The molecule has 0 spiro atoms. The van der Waals surface area contributed by atoms with E-state index in [2.05, 4.69) is 33.2 Å². The molecule has 0 bridgehead atoms. The Hall–Kier alpha value is -2.82. The summed E-state index contributed by atoms with van der Waals surface area (Å²) in [5, 5.41) is 4.09. The summed E-state index contributed by atoms with van der Waals surface area (Å²) in [5.41, 5.74) is 3.36. The number of hydrogen-bond acceptors (Lipinski definition) is 5. The van der Waals surface area contributed by atoms with Crippen LogP contribution in [-0.2, 0) is 6.42 Å². The highest BCUT2D eigenvalue weighted by molar-refractivity contribution is 5.66. The van der Waals surface area contributed by atoms with E-state index in [1.165, 1.54) is 5.56 Å². The van der Waals surface area contributed by atoms with Crippen molar-refractivity contribution < 1.29 is 9.26 Å². The summed E-state index contributed by atoms with van der Waals surface area (Å²) in [6, 6.07) is 16.5. The lowest BCUT2D eigenvalue weighted by atomic mass is 10.2. The van der Waals surface area contributed by atoms with Crippen LogP contribution in [0, 0.1) is 0 Å². The molecule has 2 aromatic carbocycles. The van der Waals surface area contributed by atoms with Crippen LogP contribution in [0.25, 0.3) is 11.4 Å². The summed E-state index contributed by atoms with van der Waals surface area (Å²) in [6.45, 7) is 0.865. The summed E-state index contributed by atoms with van der Waals surface area (Å²) in [6.07, 6.45) is 0.996. The molecule has 1 aromatic heterocycles. The maximum atomic E-state index is 5.45. The van der Waals surface area contributed by atoms with Crippen LogP contribution in [0.5, 0.6) is 5.75 Å². The molecule has 3 aromatic rings. The van der Waals surface area contributed by atoms with Crippen LogP contribution in [0.15, 0.2) is 53.1 Å². The van der Waals surface area contributed by atoms with Crippen LogP contribution >= 0.6 is 0 Å². The van der Waals surface area contributed by atoms with Gasteiger partial charge in [-0.3, -0.25) is 4.90 Å². The molecule has 22 heavy (non-hydrogen) atoms. The Morgan fingerprint density at radius 3 is 2.73 bits per heavy atom. The Morgan fingerprint density at radius 1 is 1.09 bits per heavy atom. The van der Waals surface area contributed by atoms with Crippen molar-refractivity contribution in [2.75, 3.05) is 18.6 Å². The zero-order valence-corrected chi connectivity index (χ0v) is 12.2. The monoisotopic (exact) mass is 293 g/mol. The lowest BCUT2D eigenvalue weighted by molar-refractivity contribution is 0.414. The van der Waals surface area contributed by atoms with Crippen LogP contribution in [0.1, 0.15) is 5.56 Å². The number of hydrogen-bond donors (Lipinski definition) is 0. The van der Waals surface area contributed by atoms with E-state index in [1.807, 2.05) is 30.3 Å². The molecule has 1 aliphatic rings. The molecule has 5 heteroatoms. The lowest BCUT2D eigenvalue weighted by Crippen LogP contribution is -2.13. The second kappa shape index (κ2) is 5.18. The van der Waals surface area contributed by atoms with E-state index in [0.717, 1.165) is 30.0 Å². The highest BCUT2D eigenvalue weighted by atomic mass is 16.5. The topological polar surface area (TPSA) is 51.4 Å². The van der Waals surface area contributed by atoms with Crippen molar-refractivity contribution in [1.29, 1.82) is 0 Å². The fraction of sp³-hybridized carbons (Fsp3) is 0.176. The van der Waals surface area contributed by atoms with Crippen LogP contribution in [-0.4, -0.2) is 23.8 Å². The third kappa shape index (κ3) is 2.11. The first kappa shape index (κ1) is 12.9. The minimum atomic E-state index is 0.538. The molecule has 0 unspecified atom stereocenters. The highest BCUT2D eigenvalue weighted by Gasteiger charge is 2.24. The third-order valence-electron chi connectivity index (χ3n) is 3.88. The second-order valence-corrected chi connectivity index (χ2v) is 5.16. The van der Waals surface area contributed by atoms with Gasteiger partial charge < -0.3 is 9.26 Å². The van der Waals surface area contributed by atoms with Crippen LogP contribution in [0.4, 0.5) is 11.7 Å². The molecular weight excluding hydrogens is 278 g/mol. The number of rotatable bonds is 3. The predicted molar refractivity (Wildman–Crippen MR) is 83.4 cm³/mol. The largest absolute Gasteiger partial charge is 0.497 e. The molecule has 4 rings (SSSR count). The number of nitrogens with zero attached hydrogens (tertiary/aromatic N) is 3. The van der Waals surface area contributed by atoms with Gasteiger partial charge in [-0.2, -0.15) is 4.98 Å². The summed E-state index contributed by atoms with van der Waals surface area (Å²) in [5.74, 6) is 1.39. The molecule has 0 N–H and O–H groups in total. The van der Waals surface area contributed by atoms with Crippen molar-refractivity contribution in [3.63, 3.8) is 0 Å². The van der Waals surface area contributed by atoms with E-state index in [4.69, 9.17) is 9.26 Å². The van der Waals surface area contributed by atoms with Gasteiger partial charge in [-0.05, 0) is 42.3 Å². The van der Waals surface area contributed by atoms with Gasteiger partial charge in [-0.25, -0.2) is 0 Å². The number of ether oxygens (including phenoxy) is 1. The van der Waals surface area contributed by atoms with Crippen molar-refractivity contribution in [2.45, 2.75) is 6.42 Å². The van der Waals surface area contributed by atoms with Crippen molar-refractivity contribution in [3.05, 3.63) is 54.1 Å². The predicted octanol–water partition coefficient (Wildman–Crippen LogP) is 3.44. The maximum absolute atomic E-state index is 5.45. The van der Waals surface area contributed by atoms with E-state index in [1.54, 1.807) is 7.11 Å². The SMILES string of the molecule is COc1ccc(-c2noc(N3CCc4ccccc43)n2)cc1. The Kier molecular flexibility index (Phi) is 3.04. The number of aromatic nitrogens is 2. The molecule has 0 atom stereocenters. The van der Waals surface area contributed by atoms with E-state index in [0.29, 0.717) is 11.8 Å². The van der Waals surface area contributed by atoms with Gasteiger partial charge in [-0.1, -0.05) is 23.4 Å². The first-order valence-electron chi connectivity index (χ1n) is 7.19.